The zero-order chi connectivity index (χ0) is 16.7. The summed E-state index contributed by atoms with van der Waals surface area (Å²) in [6.07, 6.45) is 3.60. The van der Waals surface area contributed by atoms with Gasteiger partial charge < -0.3 is 9.64 Å². The van der Waals surface area contributed by atoms with E-state index in [-0.39, 0.29) is 5.78 Å². The number of anilines is 1. The third-order valence-corrected chi connectivity index (χ3v) is 5.07. The van der Waals surface area contributed by atoms with E-state index in [1.807, 2.05) is 13.0 Å². The number of benzene rings is 1. The van der Waals surface area contributed by atoms with Gasteiger partial charge in [0.05, 0.1) is 12.0 Å². The van der Waals surface area contributed by atoms with Crippen molar-refractivity contribution in [1.29, 1.82) is 0 Å². The van der Waals surface area contributed by atoms with Crippen molar-refractivity contribution in [2.75, 3.05) is 18.0 Å². The van der Waals surface area contributed by atoms with Crippen molar-refractivity contribution in [2.24, 2.45) is 0 Å². The first-order valence-electron chi connectivity index (χ1n) is 8.10. The minimum absolute atomic E-state index is 0.116. The predicted octanol–water partition coefficient (Wildman–Crippen LogP) is 3.44. The van der Waals surface area contributed by atoms with E-state index in [0.717, 1.165) is 37.4 Å². The third kappa shape index (κ3) is 2.73. The Kier molecular flexibility index (Phi) is 3.68. The Bertz CT molecular complexity index is 801. The highest BCUT2D eigenvalue weighted by Crippen LogP contribution is 2.40. The molecule has 2 aliphatic rings. The minimum atomic E-state index is -0.406. The van der Waals surface area contributed by atoms with Crippen LogP contribution in [0.5, 0.6) is 5.75 Å². The molecule has 0 N–H and O–H groups in total. The maximum Gasteiger partial charge on any atom is 0.170 e. The number of ether oxygens (including phenoxy) is 1. The van der Waals surface area contributed by atoms with Crippen LogP contribution in [-0.2, 0) is 0 Å². The zero-order valence-electron chi connectivity index (χ0n) is 13.5. The number of rotatable bonds is 1. The van der Waals surface area contributed by atoms with Crippen molar-refractivity contribution in [3.63, 3.8) is 0 Å². The average molecular weight is 344 g/mol. The molecule has 3 heterocycles. The largest absolute Gasteiger partial charge is 0.486 e. The molecule has 1 aromatic heterocycles. The second-order valence-electron chi connectivity index (χ2n) is 6.53. The first-order chi connectivity index (χ1) is 11.5. The van der Waals surface area contributed by atoms with Gasteiger partial charge in [-0.2, -0.15) is 0 Å². The van der Waals surface area contributed by atoms with E-state index >= 15 is 0 Å². The number of aryl methyl sites for hydroxylation is 1. The molecule has 5 nitrogen and oxygen atoms in total. The van der Waals surface area contributed by atoms with Crippen LogP contribution in [0.2, 0.25) is 5.02 Å². The van der Waals surface area contributed by atoms with Crippen LogP contribution in [0.1, 0.15) is 35.3 Å². The number of hydrogen-bond acceptors (Lipinski definition) is 5. The molecule has 0 bridgehead atoms. The lowest BCUT2D eigenvalue weighted by Crippen LogP contribution is -2.51. The number of ketones is 1. The Morgan fingerprint density at radius 1 is 1.21 bits per heavy atom. The summed E-state index contributed by atoms with van der Waals surface area (Å²) in [7, 11) is 0. The van der Waals surface area contributed by atoms with Gasteiger partial charge >= 0.3 is 0 Å². The first kappa shape index (κ1) is 15.4. The molecule has 124 valence electrons. The number of nitrogens with zero attached hydrogens (tertiary/aromatic N) is 3. The lowest BCUT2D eigenvalue weighted by molar-refractivity contribution is 0.0231. The van der Waals surface area contributed by atoms with Crippen LogP contribution in [0.15, 0.2) is 30.6 Å². The van der Waals surface area contributed by atoms with Crippen LogP contribution in [0.25, 0.3) is 0 Å². The summed E-state index contributed by atoms with van der Waals surface area (Å²) in [5.41, 5.74) is 1.15. The van der Waals surface area contributed by atoms with Gasteiger partial charge in [0, 0.05) is 42.7 Å². The van der Waals surface area contributed by atoms with Crippen LogP contribution in [0.3, 0.4) is 0 Å². The molecular formula is C18H18ClN3O2. The topological polar surface area (TPSA) is 55.3 Å². The maximum atomic E-state index is 12.5. The van der Waals surface area contributed by atoms with Crippen LogP contribution in [0, 0.1) is 6.92 Å². The SMILES string of the molecule is Cc1cc(N2CCC3(CC2)CC(=O)c2cc(Cl)ccc2O3)ncn1. The van der Waals surface area contributed by atoms with Crippen molar-refractivity contribution in [2.45, 2.75) is 31.8 Å². The molecule has 4 rings (SSSR count). The van der Waals surface area contributed by atoms with Gasteiger partial charge in [0.25, 0.3) is 0 Å². The summed E-state index contributed by atoms with van der Waals surface area (Å²) in [6, 6.07) is 7.26. The maximum absolute atomic E-state index is 12.5. The van der Waals surface area contributed by atoms with Crippen molar-refractivity contribution in [3.05, 3.63) is 46.9 Å². The Labute approximate surface area is 145 Å². The van der Waals surface area contributed by atoms with Gasteiger partial charge in [0.1, 0.15) is 23.5 Å². The van der Waals surface area contributed by atoms with Gasteiger partial charge in [-0.15, -0.1) is 0 Å². The fraction of sp³-hybridized carbons (Fsp3) is 0.389. The smallest absolute Gasteiger partial charge is 0.170 e. The molecule has 0 saturated carbocycles. The summed E-state index contributed by atoms with van der Waals surface area (Å²) in [6.45, 7) is 3.58. The second kappa shape index (κ2) is 5.74. The molecular weight excluding hydrogens is 326 g/mol. The summed E-state index contributed by atoms with van der Waals surface area (Å²) in [5, 5.41) is 0.565. The molecule has 0 unspecified atom stereocenters. The summed E-state index contributed by atoms with van der Waals surface area (Å²) in [5.74, 6) is 1.71. The number of halogens is 1. The molecule has 0 atom stereocenters. The van der Waals surface area contributed by atoms with Crippen molar-refractivity contribution in [3.8, 4) is 5.75 Å². The Morgan fingerprint density at radius 3 is 2.75 bits per heavy atom. The fourth-order valence-electron chi connectivity index (χ4n) is 3.50. The van der Waals surface area contributed by atoms with Gasteiger partial charge in [-0.1, -0.05) is 11.6 Å². The van der Waals surface area contributed by atoms with Crippen molar-refractivity contribution >= 4 is 23.2 Å². The van der Waals surface area contributed by atoms with E-state index in [2.05, 4.69) is 14.9 Å². The number of piperidine rings is 1. The summed E-state index contributed by atoms with van der Waals surface area (Å²) in [4.78, 5) is 23.3. The van der Waals surface area contributed by atoms with Crippen LogP contribution >= 0.6 is 11.6 Å². The Hall–Kier alpha value is -2.14. The van der Waals surface area contributed by atoms with Crippen LogP contribution in [0.4, 0.5) is 5.82 Å². The molecule has 2 aromatic rings. The van der Waals surface area contributed by atoms with E-state index in [4.69, 9.17) is 16.3 Å². The van der Waals surface area contributed by atoms with Gasteiger partial charge in [0.15, 0.2) is 5.78 Å². The fourth-order valence-corrected chi connectivity index (χ4v) is 3.67. The molecule has 2 aliphatic heterocycles. The number of carbonyl (C=O) groups is 1. The molecule has 1 aromatic carbocycles. The second-order valence-corrected chi connectivity index (χ2v) is 6.97. The number of Topliss-reactive ketones (excluding diaryl/α,β-unsaturated/α-hetero) is 1. The van der Waals surface area contributed by atoms with Crippen molar-refractivity contribution < 1.29 is 9.53 Å². The quantitative estimate of drug-likeness (QED) is 0.793. The van der Waals surface area contributed by atoms with E-state index in [1.165, 1.54) is 0 Å². The summed E-state index contributed by atoms with van der Waals surface area (Å²) >= 11 is 5.99. The Morgan fingerprint density at radius 2 is 2.00 bits per heavy atom. The molecule has 0 amide bonds. The first-order valence-corrected chi connectivity index (χ1v) is 8.48. The standard InChI is InChI=1S/C18H18ClN3O2/c1-12-8-17(21-11-20-12)22-6-4-18(5-7-22)10-15(23)14-9-13(19)2-3-16(14)24-18/h2-3,8-9,11H,4-7,10H2,1H3. The minimum Gasteiger partial charge on any atom is -0.486 e. The number of carbonyl (C=O) groups excluding carboxylic acids is 1. The monoisotopic (exact) mass is 343 g/mol. The molecule has 0 radical (unpaired) electrons. The van der Waals surface area contributed by atoms with Crippen LogP contribution in [-0.4, -0.2) is 34.4 Å². The van der Waals surface area contributed by atoms with Crippen molar-refractivity contribution in [1.82, 2.24) is 9.97 Å². The number of fused-ring (bicyclic) bond motifs is 1. The van der Waals surface area contributed by atoms with Gasteiger partial charge in [-0.25, -0.2) is 9.97 Å². The highest BCUT2D eigenvalue weighted by Gasteiger charge is 2.43. The average Bonchev–Trinajstić information content (AvgIpc) is 2.56. The molecule has 24 heavy (non-hydrogen) atoms. The lowest BCUT2D eigenvalue weighted by Gasteiger charge is -2.44. The van der Waals surface area contributed by atoms with Gasteiger partial charge in [0.2, 0.25) is 0 Å². The Balaban J connectivity index is 1.53. The zero-order valence-corrected chi connectivity index (χ0v) is 14.2. The molecule has 6 heteroatoms. The predicted molar refractivity (Wildman–Crippen MR) is 92.0 cm³/mol. The van der Waals surface area contributed by atoms with E-state index in [9.17, 15) is 4.79 Å². The molecule has 1 spiro atoms. The highest BCUT2D eigenvalue weighted by molar-refractivity contribution is 6.31. The summed E-state index contributed by atoms with van der Waals surface area (Å²) < 4.78 is 6.25. The molecule has 0 aliphatic carbocycles. The molecule has 1 saturated heterocycles. The number of aromatic nitrogens is 2. The normalized spacial score (nSPS) is 19.1. The van der Waals surface area contributed by atoms with E-state index in [0.29, 0.717) is 22.8 Å². The van der Waals surface area contributed by atoms with Crippen LogP contribution < -0.4 is 9.64 Å². The van der Waals surface area contributed by atoms with E-state index in [1.54, 1.807) is 24.5 Å². The van der Waals surface area contributed by atoms with Gasteiger partial charge in [-0.05, 0) is 25.1 Å². The molecule has 1 fully saturated rings. The lowest BCUT2D eigenvalue weighted by atomic mass is 9.82. The highest BCUT2D eigenvalue weighted by atomic mass is 35.5. The van der Waals surface area contributed by atoms with Gasteiger partial charge in [-0.3, -0.25) is 4.79 Å². The number of hydrogen-bond donors (Lipinski definition) is 0. The van der Waals surface area contributed by atoms with E-state index < -0.39 is 5.60 Å². The third-order valence-electron chi connectivity index (χ3n) is 4.84.